The fourth-order valence-electron chi connectivity index (χ4n) is 2.31. The smallest absolute Gasteiger partial charge is 0.111 e. The lowest BCUT2D eigenvalue weighted by molar-refractivity contribution is 0.347. The van der Waals surface area contributed by atoms with Gasteiger partial charge in [0.15, 0.2) is 0 Å². The Morgan fingerprint density at radius 2 is 2.15 bits per heavy atom. The second-order valence-corrected chi connectivity index (χ2v) is 4.18. The normalized spacial score (nSPS) is 20.8. The molecular weight excluding hydrogens is 162 g/mol. The van der Waals surface area contributed by atoms with Crippen LogP contribution in [0.2, 0.25) is 0 Å². The molecule has 0 aliphatic heterocycles. The molecule has 0 saturated heterocycles. The molecule has 1 saturated carbocycles. The van der Waals surface area contributed by atoms with Crippen LogP contribution in [0.25, 0.3) is 0 Å². The van der Waals surface area contributed by atoms with Crippen molar-refractivity contribution in [1.82, 2.24) is 0 Å². The number of nitrogens with two attached hydrogens (primary N) is 1. The van der Waals surface area contributed by atoms with E-state index in [-0.39, 0.29) is 5.41 Å². The first-order valence-electron chi connectivity index (χ1n) is 5.02. The summed E-state index contributed by atoms with van der Waals surface area (Å²) in [5.74, 6) is 1.10. The molecule has 0 amide bonds. The molecule has 0 bridgehead atoms. The molecule has 13 heavy (non-hydrogen) atoms. The zero-order valence-corrected chi connectivity index (χ0v) is 8.18. The molecule has 0 radical (unpaired) electrons. The molecule has 0 spiro atoms. The molecule has 72 valence electrons. The summed E-state index contributed by atoms with van der Waals surface area (Å²) in [4.78, 5) is 0. The van der Waals surface area contributed by atoms with Crippen molar-refractivity contribution in [3.8, 4) is 0 Å². The molecular formula is C11H17NO. The van der Waals surface area contributed by atoms with Crippen molar-refractivity contribution >= 4 is 0 Å². The number of aryl methyl sites for hydroxylation is 1. The molecule has 2 N–H and O–H groups in total. The third-order valence-electron chi connectivity index (χ3n) is 3.20. The van der Waals surface area contributed by atoms with Gasteiger partial charge in [0.25, 0.3) is 0 Å². The second-order valence-electron chi connectivity index (χ2n) is 4.18. The quantitative estimate of drug-likeness (QED) is 0.757. The van der Waals surface area contributed by atoms with E-state index in [0.717, 1.165) is 12.3 Å². The van der Waals surface area contributed by atoms with Gasteiger partial charge in [-0.2, -0.15) is 0 Å². The van der Waals surface area contributed by atoms with Gasteiger partial charge in [-0.1, -0.05) is 12.8 Å². The Balaban J connectivity index is 2.30. The SMILES string of the molecule is Cc1coc(C2(CN)CCCC2)c1. The van der Waals surface area contributed by atoms with Gasteiger partial charge in [-0.3, -0.25) is 0 Å². The van der Waals surface area contributed by atoms with Crippen LogP contribution >= 0.6 is 0 Å². The monoisotopic (exact) mass is 179 g/mol. The van der Waals surface area contributed by atoms with E-state index in [1.165, 1.54) is 31.2 Å². The standard InChI is InChI=1S/C11H17NO/c1-9-6-10(13-7-9)11(8-12)4-2-3-5-11/h6-7H,2-5,8,12H2,1H3. The third kappa shape index (κ3) is 1.39. The predicted molar refractivity (Wildman–Crippen MR) is 52.6 cm³/mol. The van der Waals surface area contributed by atoms with Crippen LogP contribution in [-0.4, -0.2) is 6.54 Å². The van der Waals surface area contributed by atoms with Crippen molar-refractivity contribution in [2.75, 3.05) is 6.54 Å². The lowest BCUT2D eigenvalue weighted by Gasteiger charge is -2.24. The van der Waals surface area contributed by atoms with E-state index in [4.69, 9.17) is 10.2 Å². The van der Waals surface area contributed by atoms with E-state index in [1.54, 1.807) is 0 Å². The summed E-state index contributed by atoms with van der Waals surface area (Å²) >= 11 is 0. The largest absolute Gasteiger partial charge is 0.468 e. The molecule has 1 aromatic rings. The van der Waals surface area contributed by atoms with Gasteiger partial charge in [-0.05, 0) is 31.4 Å². The van der Waals surface area contributed by atoms with E-state index >= 15 is 0 Å². The minimum Gasteiger partial charge on any atom is -0.468 e. The number of hydrogen-bond donors (Lipinski definition) is 1. The first-order chi connectivity index (χ1) is 6.27. The maximum atomic E-state index is 5.85. The highest BCUT2D eigenvalue weighted by Crippen LogP contribution is 2.40. The maximum absolute atomic E-state index is 5.85. The van der Waals surface area contributed by atoms with E-state index in [0.29, 0.717) is 0 Å². The summed E-state index contributed by atoms with van der Waals surface area (Å²) < 4.78 is 5.56. The molecule has 0 aromatic carbocycles. The van der Waals surface area contributed by atoms with Gasteiger partial charge in [0.1, 0.15) is 5.76 Å². The van der Waals surface area contributed by atoms with E-state index < -0.39 is 0 Å². The summed E-state index contributed by atoms with van der Waals surface area (Å²) in [7, 11) is 0. The van der Waals surface area contributed by atoms with Gasteiger partial charge in [0, 0.05) is 12.0 Å². The van der Waals surface area contributed by atoms with Crippen LogP contribution in [0.3, 0.4) is 0 Å². The molecule has 0 atom stereocenters. The number of hydrogen-bond acceptors (Lipinski definition) is 2. The van der Waals surface area contributed by atoms with Gasteiger partial charge in [0.05, 0.1) is 6.26 Å². The lowest BCUT2D eigenvalue weighted by atomic mass is 9.83. The second kappa shape index (κ2) is 3.18. The molecule has 0 unspecified atom stereocenters. The first kappa shape index (κ1) is 8.82. The Morgan fingerprint density at radius 1 is 1.46 bits per heavy atom. The molecule has 2 heteroatoms. The van der Waals surface area contributed by atoms with Gasteiger partial charge in [-0.15, -0.1) is 0 Å². The van der Waals surface area contributed by atoms with Crippen LogP contribution in [0.1, 0.15) is 37.0 Å². The van der Waals surface area contributed by atoms with Crippen molar-refractivity contribution in [2.45, 2.75) is 38.0 Å². The van der Waals surface area contributed by atoms with Crippen molar-refractivity contribution in [2.24, 2.45) is 5.73 Å². The minimum absolute atomic E-state index is 0.161. The summed E-state index contributed by atoms with van der Waals surface area (Å²) in [6.07, 6.45) is 6.78. The molecule has 1 aliphatic carbocycles. The van der Waals surface area contributed by atoms with Crippen molar-refractivity contribution in [3.63, 3.8) is 0 Å². The van der Waals surface area contributed by atoms with Crippen LogP contribution in [0.15, 0.2) is 16.7 Å². The molecule has 2 nitrogen and oxygen atoms in total. The molecule has 1 fully saturated rings. The highest BCUT2D eigenvalue weighted by atomic mass is 16.3. The fraction of sp³-hybridized carbons (Fsp3) is 0.636. The Kier molecular flexibility index (Phi) is 2.16. The number of rotatable bonds is 2. The van der Waals surface area contributed by atoms with Gasteiger partial charge >= 0.3 is 0 Å². The topological polar surface area (TPSA) is 39.2 Å². The molecule has 2 rings (SSSR count). The predicted octanol–water partition coefficient (Wildman–Crippen LogP) is 2.36. The van der Waals surface area contributed by atoms with Crippen molar-refractivity contribution in [1.29, 1.82) is 0 Å². The van der Waals surface area contributed by atoms with Crippen LogP contribution in [0.4, 0.5) is 0 Å². The van der Waals surface area contributed by atoms with Crippen LogP contribution in [0.5, 0.6) is 0 Å². The zero-order chi connectivity index (χ0) is 9.31. The first-order valence-corrected chi connectivity index (χ1v) is 5.02. The van der Waals surface area contributed by atoms with Crippen LogP contribution < -0.4 is 5.73 Å². The van der Waals surface area contributed by atoms with Gasteiger partial charge in [-0.25, -0.2) is 0 Å². The summed E-state index contributed by atoms with van der Waals surface area (Å²) in [6.45, 7) is 2.78. The Morgan fingerprint density at radius 3 is 2.62 bits per heavy atom. The van der Waals surface area contributed by atoms with E-state index in [2.05, 4.69) is 13.0 Å². The Labute approximate surface area is 79.1 Å². The third-order valence-corrected chi connectivity index (χ3v) is 3.20. The van der Waals surface area contributed by atoms with Gasteiger partial charge in [0.2, 0.25) is 0 Å². The molecule has 1 aliphatic rings. The average molecular weight is 179 g/mol. The number of furan rings is 1. The zero-order valence-electron chi connectivity index (χ0n) is 8.18. The minimum atomic E-state index is 0.161. The maximum Gasteiger partial charge on any atom is 0.111 e. The summed E-state index contributed by atoms with van der Waals surface area (Å²) in [6, 6.07) is 2.14. The van der Waals surface area contributed by atoms with Crippen LogP contribution in [0, 0.1) is 6.92 Å². The molecule has 1 heterocycles. The fourth-order valence-corrected chi connectivity index (χ4v) is 2.31. The summed E-state index contributed by atoms with van der Waals surface area (Å²) in [5.41, 5.74) is 7.21. The van der Waals surface area contributed by atoms with Crippen LogP contribution in [-0.2, 0) is 5.41 Å². The van der Waals surface area contributed by atoms with Crippen molar-refractivity contribution < 1.29 is 4.42 Å². The van der Waals surface area contributed by atoms with Gasteiger partial charge < -0.3 is 10.2 Å². The summed E-state index contributed by atoms with van der Waals surface area (Å²) in [5, 5.41) is 0. The Hall–Kier alpha value is -0.760. The Bertz CT molecular complexity index is 284. The highest BCUT2D eigenvalue weighted by molar-refractivity contribution is 5.21. The van der Waals surface area contributed by atoms with Crippen molar-refractivity contribution in [3.05, 3.63) is 23.7 Å². The average Bonchev–Trinajstić information content (AvgIpc) is 2.73. The highest BCUT2D eigenvalue weighted by Gasteiger charge is 2.36. The van der Waals surface area contributed by atoms with E-state index in [9.17, 15) is 0 Å². The lowest BCUT2D eigenvalue weighted by Crippen LogP contribution is -2.31. The molecule has 1 aromatic heterocycles. The van der Waals surface area contributed by atoms with E-state index in [1.807, 2.05) is 6.26 Å².